The Morgan fingerprint density at radius 1 is 1.00 bits per heavy atom. The Hall–Kier alpha value is -1.63. The van der Waals surface area contributed by atoms with E-state index < -0.39 is 13.7 Å². The highest BCUT2D eigenvalue weighted by atomic mass is 14.9. The number of rotatable bonds is 1. The van der Waals surface area contributed by atoms with E-state index >= 15 is 0 Å². The zero-order chi connectivity index (χ0) is 20.1. The first kappa shape index (κ1) is 8.61. The van der Waals surface area contributed by atoms with Gasteiger partial charge in [0.1, 0.15) is 7.05 Å². The van der Waals surface area contributed by atoms with Crippen LogP contribution in [0.1, 0.15) is 51.2 Å². The number of nitrogens with zero attached hydrogens (tertiary/aromatic N) is 1. The zero-order valence-corrected chi connectivity index (χ0v) is 12.8. The molecule has 1 nitrogen and oxygen atoms in total. The Morgan fingerprint density at radius 3 is 2.25 bits per heavy atom. The number of aromatic nitrogens is 1. The van der Waals surface area contributed by atoms with Crippen molar-refractivity contribution in [2.24, 2.45) is 7.05 Å². The normalized spacial score (nSPS) is 17.4. The molecule has 0 amide bonds. The molecular weight excluding hydrogens is 242 g/mol. The van der Waals surface area contributed by atoms with Gasteiger partial charge >= 0.3 is 0 Å². The van der Waals surface area contributed by atoms with Crippen LogP contribution in [0.15, 0.2) is 30.5 Å². The molecular formula is C19H26N+. The molecule has 0 saturated carbocycles. The van der Waals surface area contributed by atoms with Crippen molar-refractivity contribution in [3.05, 3.63) is 52.7 Å². The number of benzene rings is 1. The summed E-state index contributed by atoms with van der Waals surface area (Å²) in [5.41, 5.74) is 3.19. The summed E-state index contributed by atoms with van der Waals surface area (Å²) in [7, 11) is 1.90. The van der Waals surface area contributed by atoms with Crippen molar-refractivity contribution >= 4 is 0 Å². The summed E-state index contributed by atoms with van der Waals surface area (Å²) in [5.74, 6) is 0. The molecule has 0 aliphatic rings. The largest absolute Gasteiger partial charge is 0.212 e. The van der Waals surface area contributed by atoms with E-state index in [-0.39, 0.29) is 16.5 Å². The molecule has 1 aromatic heterocycles. The minimum atomic E-state index is -2.49. The van der Waals surface area contributed by atoms with E-state index in [9.17, 15) is 0 Å². The first-order valence-electron chi connectivity index (χ1n) is 9.78. The molecule has 0 aliphatic carbocycles. The van der Waals surface area contributed by atoms with Gasteiger partial charge in [0.15, 0.2) is 6.20 Å². The monoisotopic (exact) mass is 274 g/mol. The summed E-state index contributed by atoms with van der Waals surface area (Å²) < 4.78 is 48.4. The van der Waals surface area contributed by atoms with E-state index in [0.29, 0.717) is 0 Å². The molecule has 1 heterocycles. The average Bonchev–Trinajstić information content (AvgIpc) is 2.44. The van der Waals surface area contributed by atoms with Gasteiger partial charge in [0.05, 0.1) is 0 Å². The summed E-state index contributed by atoms with van der Waals surface area (Å²) in [5, 5.41) is 0. The topological polar surface area (TPSA) is 3.88 Å². The van der Waals surface area contributed by atoms with Crippen LogP contribution in [-0.2, 0) is 12.5 Å². The van der Waals surface area contributed by atoms with Gasteiger partial charge in [-0.15, -0.1) is 0 Å². The molecule has 1 aromatic carbocycles. The minimum absolute atomic E-state index is 0.0532. The molecule has 20 heavy (non-hydrogen) atoms. The molecule has 0 unspecified atom stereocenters. The first-order valence-corrected chi connectivity index (χ1v) is 6.78. The second-order valence-electron chi connectivity index (χ2n) is 6.37. The van der Waals surface area contributed by atoms with E-state index in [2.05, 4.69) is 20.8 Å². The fourth-order valence-corrected chi connectivity index (χ4v) is 2.29. The van der Waals surface area contributed by atoms with Crippen LogP contribution in [-0.4, -0.2) is 0 Å². The van der Waals surface area contributed by atoms with Crippen LogP contribution in [0.25, 0.3) is 11.3 Å². The Morgan fingerprint density at radius 2 is 1.65 bits per heavy atom. The van der Waals surface area contributed by atoms with Gasteiger partial charge in [-0.25, -0.2) is 4.57 Å². The molecule has 0 spiro atoms. The lowest BCUT2D eigenvalue weighted by atomic mass is 9.86. The molecule has 1 heteroatoms. The van der Waals surface area contributed by atoms with Crippen LogP contribution in [0.4, 0.5) is 0 Å². The average molecular weight is 274 g/mol. The van der Waals surface area contributed by atoms with Gasteiger partial charge < -0.3 is 0 Å². The molecule has 2 aromatic rings. The maximum absolute atomic E-state index is 7.80. The van der Waals surface area contributed by atoms with Gasteiger partial charge in [-0.05, 0) is 54.4 Å². The molecule has 2 rings (SSSR count). The van der Waals surface area contributed by atoms with Crippen LogP contribution >= 0.6 is 0 Å². The zero-order valence-electron chi connectivity index (χ0n) is 18.8. The summed E-state index contributed by atoms with van der Waals surface area (Å²) in [6, 6.07) is 7.10. The summed E-state index contributed by atoms with van der Waals surface area (Å²) in [6.45, 7) is 3.20. The van der Waals surface area contributed by atoms with Crippen molar-refractivity contribution in [1.29, 1.82) is 0 Å². The lowest BCUT2D eigenvalue weighted by Crippen LogP contribution is -2.32. The predicted molar refractivity (Wildman–Crippen MR) is 86.0 cm³/mol. The van der Waals surface area contributed by atoms with Crippen LogP contribution < -0.4 is 4.57 Å². The Labute approximate surface area is 131 Å². The summed E-state index contributed by atoms with van der Waals surface area (Å²) >= 11 is 0. The van der Waals surface area contributed by atoms with Crippen LogP contribution in [0.2, 0.25) is 0 Å². The van der Waals surface area contributed by atoms with Crippen molar-refractivity contribution in [3.63, 3.8) is 0 Å². The third-order valence-corrected chi connectivity index (χ3v) is 3.66. The number of pyridine rings is 1. The minimum Gasteiger partial charge on any atom is -0.201 e. The van der Waals surface area contributed by atoms with E-state index in [1.807, 2.05) is 36.9 Å². The number of hydrogen-bond acceptors (Lipinski definition) is 0. The second-order valence-corrected chi connectivity index (χ2v) is 6.37. The Kier molecular flexibility index (Phi) is 2.17. The van der Waals surface area contributed by atoms with Crippen LogP contribution in [0.3, 0.4) is 0 Å². The van der Waals surface area contributed by atoms with Crippen molar-refractivity contribution < 1.29 is 12.8 Å². The molecule has 106 valence electrons. The highest BCUT2D eigenvalue weighted by Gasteiger charge is 2.20. The molecule has 0 fully saturated rings. The van der Waals surface area contributed by atoms with Gasteiger partial charge in [-0.1, -0.05) is 26.8 Å². The second kappa shape index (κ2) is 5.05. The third kappa shape index (κ3) is 2.77. The number of aryl methyl sites for hydroxylation is 4. The van der Waals surface area contributed by atoms with Crippen molar-refractivity contribution in [2.75, 3.05) is 0 Å². The number of hydrogen-bond donors (Lipinski definition) is 0. The van der Waals surface area contributed by atoms with Crippen molar-refractivity contribution in [1.82, 2.24) is 0 Å². The van der Waals surface area contributed by atoms with Crippen molar-refractivity contribution in [2.45, 2.75) is 46.8 Å². The summed E-state index contributed by atoms with van der Waals surface area (Å²) in [4.78, 5) is 0. The molecule has 0 atom stereocenters. The van der Waals surface area contributed by atoms with Gasteiger partial charge in [0.25, 0.3) is 0 Å². The van der Waals surface area contributed by atoms with Crippen LogP contribution in [0, 0.1) is 20.6 Å². The smallest absolute Gasteiger partial charge is 0.201 e. The van der Waals surface area contributed by atoms with Gasteiger partial charge in [0.2, 0.25) is 5.69 Å². The SMILES string of the molecule is [2H]C([2H])([2H])c1cc(C)c(-c2cc(C(C)(C)C)cc[n+]2C)cc1C([2H])([2H])[2H]. The lowest BCUT2D eigenvalue weighted by molar-refractivity contribution is -0.660. The molecule has 0 bridgehead atoms. The maximum Gasteiger partial charge on any atom is 0.212 e. The van der Waals surface area contributed by atoms with E-state index in [1.54, 1.807) is 0 Å². The maximum atomic E-state index is 7.80. The molecule has 0 saturated heterocycles. The fraction of sp³-hybridized carbons (Fsp3) is 0.421. The standard InChI is InChI=1S/C19H26N/c1-13-10-15(3)17(11-14(13)2)18-12-16(19(4,5)6)8-9-20(18)7/h8-12H,1-7H3/q+1/i1D3,2D3. The van der Waals surface area contributed by atoms with E-state index in [1.165, 1.54) is 12.1 Å². The predicted octanol–water partition coefficient (Wildman–Crippen LogP) is 4.40. The van der Waals surface area contributed by atoms with Gasteiger partial charge in [0, 0.05) is 25.9 Å². The van der Waals surface area contributed by atoms with E-state index in [0.717, 1.165) is 22.4 Å². The fourth-order valence-electron chi connectivity index (χ4n) is 2.29. The molecule has 0 aliphatic heterocycles. The highest BCUT2D eigenvalue weighted by Crippen LogP contribution is 2.28. The lowest BCUT2D eigenvalue weighted by Gasteiger charge is -2.19. The Balaban J connectivity index is 2.80. The van der Waals surface area contributed by atoms with Gasteiger partial charge in [-0.3, -0.25) is 0 Å². The van der Waals surface area contributed by atoms with Crippen molar-refractivity contribution in [3.8, 4) is 11.3 Å². The Bertz CT molecular complexity index is 826. The quantitative estimate of drug-likeness (QED) is 0.679. The first-order chi connectivity index (χ1) is 11.6. The molecule has 0 radical (unpaired) electrons. The summed E-state index contributed by atoms with van der Waals surface area (Å²) in [6.07, 6.45) is 1.95. The van der Waals surface area contributed by atoms with E-state index in [4.69, 9.17) is 8.22 Å². The molecule has 0 N–H and O–H groups in total. The third-order valence-electron chi connectivity index (χ3n) is 3.66. The van der Waals surface area contributed by atoms with Gasteiger partial charge in [-0.2, -0.15) is 0 Å². The van der Waals surface area contributed by atoms with Crippen LogP contribution in [0.5, 0.6) is 0 Å². The highest BCUT2D eigenvalue weighted by molar-refractivity contribution is 5.63.